The fourth-order valence-corrected chi connectivity index (χ4v) is 3.76. The van der Waals surface area contributed by atoms with E-state index in [1.54, 1.807) is 0 Å². The Morgan fingerprint density at radius 2 is 1.77 bits per heavy atom. The fraction of sp³-hybridized carbons (Fsp3) is 0.286. The standard InChI is InChI=1S/C21H19N5O4/c1-2-4-16-15(3-1)22-21(29-16)26-9-7-25(8-10-26)12-19-23-20(24-30-19)14-5-6-17-18(11-14)28-13-27-17/h1-6,11H,7-10,12-13H2. The highest BCUT2D eigenvalue weighted by molar-refractivity contribution is 5.74. The highest BCUT2D eigenvalue weighted by atomic mass is 16.7. The van der Waals surface area contributed by atoms with Gasteiger partial charge >= 0.3 is 0 Å². The van der Waals surface area contributed by atoms with E-state index < -0.39 is 0 Å². The van der Waals surface area contributed by atoms with Crippen molar-refractivity contribution in [1.29, 1.82) is 0 Å². The summed E-state index contributed by atoms with van der Waals surface area (Å²) in [6.07, 6.45) is 0. The molecule has 4 aromatic rings. The monoisotopic (exact) mass is 405 g/mol. The van der Waals surface area contributed by atoms with E-state index in [2.05, 4.69) is 24.9 Å². The van der Waals surface area contributed by atoms with Gasteiger partial charge in [0, 0.05) is 31.7 Å². The van der Waals surface area contributed by atoms with Crippen LogP contribution in [-0.4, -0.2) is 53.0 Å². The van der Waals surface area contributed by atoms with Crippen LogP contribution in [0.25, 0.3) is 22.5 Å². The summed E-state index contributed by atoms with van der Waals surface area (Å²) in [5, 5.41) is 4.12. The average molecular weight is 405 g/mol. The molecule has 9 nitrogen and oxygen atoms in total. The predicted molar refractivity (Wildman–Crippen MR) is 107 cm³/mol. The van der Waals surface area contributed by atoms with Gasteiger partial charge in [-0.15, -0.1) is 0 Å². The molecule has 0 bridgehead atoms. The largest absolute Gasteiger partial charge is 0.454 e. The molecule has 2 aromatic carbocycles. The van der Waals surface area contributed by atoms with E-state index in [0.29, 0.717) is 30.0 Å². The van der Waals surface area contributed by atoms with E-state index in [0.717, 1.165) is 48.6 Å². The van der Waals surface area contributed by atoms with Gasteiger partial charge in [0.1, 0.15) is 5.52 Å². The molecular weight excluding hydrogens is 386 g/mol. The number of aromatic nitrogens is 3. The van der Waals surface area contributed by atoms with Crippen LogP contribution in [0.1, 0.15) is 5.89 Å². The second-order valence-electron chi connectivity index (χ2n) is 7.31. The van der Waals surface area contributed by atoms with Crippen LogP contribution in [0.4, 0.5) is 6.01 Å². The molecule has 0 amide bonds. The number of ether oxygens (including phenoxy) is 2. The zero-order valence-electron chi connectivity index (χ0n) is 16.2. The van der Waals surface area contributed by atoms with Crippen LogP contribution in [0.5, 0.6) is 11.5 Å². The van der Waals surface area contributed by atoms with Gasteiger partial charge in [0.15, 0.2) is 17.1 Å². The summed E-state index contributed by atoms with van der Waals surface area (Å²) in [4.78, 5) is 13.6. The summed E-state index contributed by atoms with van der Waals surface area (Å²) in [6, 6.07) is 14.1. The lowest BCUT2D eigenvalue weighted by atomic mass is 10.2. The molecule has 0 N–H and O–H groups in total. The third-order valence-corrected chi connectivity index (χ3v) is 5.38. The van der Waals surface area contributed by atoms with Crippen LogP contribution in [-0.2, 0) is 6.54 Å². The molecule has 1 fully saturated rings. The maximum Gasteiger partial charge on any atom is 0.298 e. The van der Waals surface area contributed by atoms with Gasteiger partial charge in [-0.05, 0) is 30.3 Å². The van der Waals surface area contributed by atoms with Crippen molar-refractivity contribution >= 4 is 17.1 Å². The number of piperazine rings is 1. The Morgan fingerprint density at radius 1 is 0.900 bits per heavy atom. The quantitative estimate of drug-likeness (QED) is 0.508. The van der Waals surface area contributed by atoms with Crippen molar-refractivity contribution < 1.29 is 18.4 Å². The maximum atomic E-state index is 5.88. The molecule has 0 saturated carbocycles. The summed E-state index contributed by atoms with van der Waals surface area (Å²) >= 11 is 0. The van der Waals surface area contributed by atoms with Crippen LogP contribution in [0.15, 0.2) is 51.4 Å². The fourth-order valence-electron chi connectivity index (χ4n) is 3.76. The molecule has 0 spiro atoms. The number of anilines is 1. The first-order valence-electron chi connectivity index (χ1n) is 9.87. The highest BCUT2D eigenvalue weighted by Crippen LogP contribution is 2.35. The van der Waals surface area contributed by atoms with E-state index in [-0.39, 0.29) is 6.79 Å². The van der Waals surface area contributed by atoms with Gasteiger partial charge in [-0.3, -0.25) is 4.90 Å². The second kappa shape index (κ2) is 7.03. The summed E-state index contributed by atoms with van der Waals surface area (Å²) in [5.41, 5.74) is 2.55. The molecule has 4 heterocycles. The SMILES string of the molecule is c1ccc2oc(N3CCN(Cc4nc(-c5ccc6c(c5)OCO6)no4)CC3)nc2c1. The zero-order chi connectivity index (χ0) is 19.9. The van der Waals surface area contributed by atoms with E-state index >= 15 is 0 Å². The van der Waals surface area contributed by atoms with Crippen molar-refractivity contribution in [2.75, 3.05) is 37.9 Å². The normalized spacial score (nSPS) is 16.5. The molecule has 2 aliphatic heterocycles. The first-order valence-corrected chi connectivity index (χ1v) is 9.87. The number of nitrogens with zero attached hydrogens (tertiary/aromatic N) is 5. The Hall–Kier alpha value is -3.59. The molecule has 2 aliphatic rings. The van der Waals surface area contributed by atoms with E-state index in [9.17, 15) is 0 Å². The molecule has 9 heteroatoms. The maximum absolute atomic E-state index is 5.88. The van der Waals surface area contributed by atoms with Crippen LogP contribution < -0.4 is 14.4 Å². The molecule has 0 radical (unpaired) electrons. The van der Waals surface area contributed by atoms with Gasteiger partial charge in [0.2, 0.25) is 18.5 Å². The second-order valence-corrected chi connectivity index (χ2v) is 7.31. The summed E-state index contributed by atoms with van der Waals surface area (Å²) in [5.74, 6) is 2.58. The Morgan fingerprint density at radius 3 is 2.67 bits per heavy atom. The van der Waals surface area contributed by atoms with Crippen LogP contribution in [0, 0.1) is 0 Å². The average Bonchev–Trinajstić information content (AvgIpc) is 3.52. The minimum absolute atomic E-state index is 0.242. The number of rotatable bonds is 4. The van der Waals surface area contributed by atoms with E-state index in [1.165, 1.54) is 0 Å². The van der Waals surface area contributed by atoms with Gasteiger partial charge < -0.3 is 23.3 Å². The lowest BCUT2D eigenvalue weighted by molar-refractivity contribution is 0.174. The Labute approximate surface area is 171 Å². The number of para-hydroxylation sites is 2. The van der Waals surface area contributed by atoms with Crippen molar-refractivity contribution in [3.05, 3.63) is 48.4 Å². The molecule has 1 saturated heterocycles. The van der Waals surface area contributed by atoms with Gasteiger partial charge in [-0.2, -0.15) is 9.97 Å². The molecule has 152 valence electrons. The predicted octanol–water partition coefficient (Wildman–Crippen LogP) is 2.93. The molecule has 30 heavy (non-hydrogen) atoms. The van der Waals surface area contributed by atoms with Crippen molar-refractivity contribution in [3.63, 3.8) is 0 Å². The van der Waals surface area contributed by atoms with Crippen molar-refractivity contribution in [2.45, 2.75) is 6.54 Å². The Balaban J connectivity index is 1.10. The number of hydrogen-bond donors (Lipinski definition) is 0. The lowest BCUT2D eigenvalue weighted by Crippen LogP contribution is -2.46. The Bertz CT molecular complexity index is 1160. The van der Waals surface area contributed by atoms with Gasteiger partial charge in [0.05, 0.1) is 6.54 Å². The van der Waals surface area contributed by atoms with Crippen LogP contribution in [0.3, 0.4) is 0 Å². The molecule has 0 aliphatic carbocycles. The molecule has 2 aromatic heterocycles. The van der Waals surface area contributed by atoms with E-state index in [4.69, 9.17) is 18.4 Å². The van der Waals surface area contributed by atoms with E-state index in [1.807, 2.05) is 42.5 Å². The minimum Gasteiger partial charge on any atom is -0.454 e. The smallest absolute Gasteiger partial charge is 0.298 e. The third-order valence-electron chi connectivity index (χ3n) is 5.38. The first kappa shape index (κ1) is 17.3. The minimum atomic E-state index is 0.242. The number of oxazole rings is 1. The zero-order valence-corrected chi connectivity index (χ0v) is 16.2. The molecular formula is C21H19N5O4. The molecule has 6 rings (SSSR count). The third kappa shape index (κ3) is 3.13. The summed E-state index contributed by atoms with van der Waals surface area (Å²) in [7, 11) is 0. The van der Waals surface area contributed by atoms with Gasteiger partial charge in [-0.25, -0.2) is 0 Å². The summed E-state index contributed by atoms with van der Waals surface area (Å²) < 4.78 is 22.1. The number of fused-ring (bicyclic) bond motifs is 2. The van der Waals surface area contributed by atoms with Crippen molar-refractivity contribution in [2.24, 2.45) is 0 Å². The Kier molecular flexibility index (Phi) is 4.05. The lowest BCUT2D eigenvalue weighted by Gasteiger charge is -2.32. The number of hydrogen-bond acceptors (Lipinski definition) is 9. The first-order chi connectivity index (χ1) is 14.8. The molecule has 0 unspecified atom stereocenters. The van der Waals surface area contributed by atoms with Crippen molar-refractivity contribution in [1.82, 2.24) is 20.0 Å². The summed E-state index contributed by atoms with van der Waals surface area (Å²) in [6.45, 7) is 4.23. The van der Waals surface area contributed by atoms with Gasteiger partial charge in [-0.1, -0.05) is 17.3 Å². The highest BCUT2D eigenvalue weighted by Gasteiger charge is 2.23. The van der Waals surface area contributed by atoms with Crippen LogP contribution in [0.2, 0.25) is 0 Å². The van der Waals surface area contributed by atoms with Crippen molar-refractivity contribution in [3.8, 4) is 22.9 Å². The van der Waals surface area contributed by atoms with Gasteiger partial charge in [0.25, 0.3) is 6.01 Å². The number of benzene rings is 2. The van der Waals surface area contributed by atoms with Crippen LogP contribution >= 0.6 is 0 Å². The molecule has 0 atom stereocenters. The topological polar surface area (TPSA) is 89.9 Å².